The number of amides is 1. The number of aryl methyl sites for hydroxylation is 1. The summed E-state index contributed by atoms with van der Waals surface area (Å²) < 4.78 is 0.883. The normalized spacial score (nSPS) is 10.3. The molecule has 0 saturated carbocycles. The Morgan fingerprint density at radius 3 is 2.43 bits per heavy atom. The number of halogens is 3. The van der Waals surface area contributed by atoms with Crippen LogP contribution >= 0.6 is 39.1 Å². The van der Waals surface area contributed by atoms with Crippen molar-refractivity contribution in [1.29, 1.82) is 0 Å². The molecule has 0 aromatic heterocycles. The Balaban J connectivity index is 1.96. The summed E-state index contributed by atoms with van der Waals surface area (Å²) in [5.74, 6) is -0.195. The van der Waals surface area contributed by atoms with Crippen LogP contribution in [0.1, 0.15) is 5.56 Å². The van der Waals surface area contributed by atoms with Gasteiger partial charge in [-0.05, 0) is 42.8 Å². The lowest BCUT2D eigenvalue weighted by Crippen LogP contribution is -2.22. The van der Waals surface area contributed by atoms with Crippen molar-refractivity contribution in [2.45, 2.75) is 6.92 Å². The van der Waals surface area contributed by atoms with Gasteiger partial charge in [0.05, 0.1) is 28.0 Å². The summed E-state index contributed by atoms with van der Waals surface area (Å²) in [6.45, 7) is 2.04. The second-order valence-electron chi connectivity index (χ2n) is 4.51. The summed E-state index contributed by atoms with van der Waals surface area (Å²) in [6, 6.07) is 10.9. The van der Waals surface area contributed by atoms with Crippen molar-refractivity contribution in [3.05, 3.63) is 56.5 Å². The predicted octanol–water partition coefficient (Wildman–Crippen LogP) is 5.11. The van der Waals surface area contributed by atoms with Gasteiger partial charge in [0, 0.05) is 4.47 Å². The van der Waals surface area contributed by atoms with Crippen molar-refractivity contribution < 1.29 is 4.79 Å². The molecule has 2 rings (SSSR count). The Bertz CT molecular complexity index is 677. The molecule has 3 nitrogen and oxygen atoms in total. The first-order chi connectivity index (χ1) is 9.95. The SMILES string of the molecule is Cc1ccc(NC(=O)CNc2ccc(Br)cc2Cl)c(Cl)c1. The number of rotatable bonds is 4. The predicted molar refractivity (Wildman–Crippen MR) is 92.5 cm³/mol. The van der Waals surface area contributed by atoms with E-state index in [-0.39, 0.29) is 12.5 Å². The van der Waals surface area contributed by atoms with Crippen LogP contribution in [0.15, 0.2) is 40.9 Å². The minimum absolute atomic E-state index is 0.103. The lowest BCUT2D eigenvalue weighted by molar-refractivity contribution is -0.114. The van der Waals surface area contributed by atoms with Crippen LogP contribution in [-0.4, -0.2) is 12.5 Å². The summed E-state index contributed by atoms with van der Waals surface area (Å²) in [6.07, 6.45) is 0. The van der Waals surface area contributed by atoms with Crippen molar-refractivity contribution >= 4 is 56.4 Å². The number of carbonyl (C=O) groups excluding carboxylic acids is 1. The molecule has 2 aromatic rings. The zero-order chi connectivity index (χ0) is 15.4. The molecule has 0 unspecified atom stereocenters. The molecule has 0 fully saturated rings. The van der Waals surface area contributed by atoms with Crippen LogP contribution in [0, 0.1) is 6.92 Å². The van der Waals surface area contributed by atoms with Crippen molar-refractivity contribution in [3.63, 3.8) is 0 Å². The molecule has 21 heavy (non-hydrogen) atoms. The van der Waals surface area contributed by atoms with Gasteiger partial charge in [-0.1, -0.05) is 45.2 Å². The zero-order valence-corrected chi connectivity index (χ0v) is 14.3. The van der Waals surface area contributed by atoms with Crippen molar-refractivity contribution in [3.8, 4) is 0 Å². The van der Waals surface area contributed by atoms with Crippen LogP contribution in [0.3, 0.4) is 0 Å². The first-order valence-corrected chi connectivity index (χ1v) is 7.75. The summed E-state index contributed by atoms with van der Waals surface area (Å²) in [4.78, 5) is 11.9. The number of hydrogen-bond donors (Lipinski definition) is 2. The van der Waals surface area contributed by atoms with Gasteiger partial charge in [0.15, 0.2) is 0 Å². The highest BCUT2D eigenvalue weighted by molar-refractivity contribution is 9.10. The van der Waals surface area contributed by atoms with Crippen LogP contribution in [0.25, 0.3) is 0 Å². The third-order valence-corrected chi connectivity index (χ3v) is 3.89. The number of carbonyl (C=O) groups is 1. The first kappa shape index (κ1) is 16.1. The molecule has 0 bridgehead atoms. The first-order valence-electron chi connectivity index (χ1n) is 6.20. The van der Waals surface area contributed by atoms with E-state index in [1.807, 2.05) is 19.1 Å². The Kier molecular flexibility index (Phi) is 5.51. The minimum Gasteiger partial charge on any atom is -0.375 e. The van der Waals surface area contributed by atoms with Gasteiger partial charge in [0.2, 0.25) is 5.91 Å². The summed E-state index contributed by atoms with van der Waals surface area (Å²) in [5.41, 5.74) is 2.33. The van der Waals surface area contributed by atoms with E-state index in [0.717, 1.165) is 10.0 Å². The van der Waals surface area contributed by atoms with E-state index in [2.05, 4.69) is 26.6 Å². The van der Waals surface area contributed by atoms with Crippen LogP contribution in [-0.2, 0) is 4.79 Å². The molecule has 0 heterocycles. The van der Waals surface area contributed by atoms with E-state index < -0.39 is 0 Å². The van der Waals surface area contributed by atoms with E-state index >= 15 is 0 Å². The molecule has 2 aromatic carbocycles. The topological polar surface area (TPSA) is 41.1 Å². The third kappa shape index (κ3) is 4.63. The maximum absolute atomic E-state index is 11.9. The molecule has 0 saturated heterocycles. The van der Waals surface area contributed by atoms with E-state index in [4.69, 9.17) is 23.2 Å². The third-order valence-electron chi connectivity index (χ3n) is 2.77. The Morgan fingerprint density at radius 1 is 1.10 bits per heavy atom. The Hall–Kier alpha value is -1.23. The van der Waals surface area contributed by atoms with Gasteiger partial charge < -0.3 is 10.6 Å². The summed E-state index contributed by atoms with van der Waals surface area (Å²) in [5, 5.41) is 6.80. The fourth-order valence-corrected chi connectivity index (χ4v) is 2.75. The van der Waals surface area contributed by atoms with Gasteiger partial charge in [-0.3, -0.25) is 4.79 Å². The number of benzene rings is 2. The molecule has 0 aliphatic carbocycles. The summed E-state index contributed by atoms with van der Waals surface area (Å²) >= 11 is 15.5. The molecule has 0 atom stereocenters. The second-order valence-corrected chi connectivity index (χ2v) is 6.24. The molecular formula is C15H13BrCl2N2O. The molecule has 0 spiro atoms. The highest BCUT2D eigenvalue weighted by Gasteiger charge is 2.07. The largest absolute Gasteiger partial charge is 0.375 e. The van der Waals surface area contributed by atoms with Gasteiger partial charge >= 0.3 is 0 Å². The minimum atomic E-state index is -0.195. The molecule has 0 aliphatic rings. The molecule has 1 amide bonds. The van der Waals surface area contributed by atoms with Gasteiger partial charge in [0.25, 0.3) is 0 Å². The fraction of sp³-hybridized carbons (Fsp3) is 0.133. The lowest BCUT2D eigenvalue weighted by atomic mass is 10.2. The smallest absolute Gasteiger partial charge is 0.243 e. The van der Waals surface area contributed by atoms with E-state index in [0.29, 0.717) is 21.4 Å². The van der Waals surface area contributed by atoms with Crippen molar-refractivity contribution in [2.24, 2.45) is 0 Å². The average Bonchev–Trinajstić information content (AvgIpc) is 2.41. The number of anilines is 2. The summed E-state index contributed by atoms with van der Waals surface area (Å²) in [7, 11) is 0. The molecule has 0 radical (unpaired) electrons. The number of hydrogen-bond acceptors (Lipinski definition) is 2. The average molecular weight is 388 g/mol. The monoisotopic (exact) mass is 386 g/mol. The van der Waals surface area contributed by atoms with Crippen LogP contribution < -0.4 is 10.6 Å². The molecule has 2 N–H and O–H groups in total. The van der Waals surface area contributed by atoms with Gasteiger partial charge in [-0.15, -0.1) is 0 Å². The molecule has 6 heteroatoms. The van der Waals surface area contributed by atoms with Gasteiger partial charge in [-0.2, -0.15) is 0 Å². The lowest BCUT2D eigenvalue weighted by Gasteiger charge is -2.10. The molecular weight excluding hydrogens is 375 g/mol. The van der Waals surface area contributed by atoms with Gasteiger partial charge in [-0.25, -0.2) is 0 Å². The van der Waals surface area contributed by atoms with E-state index in [1.165, 1.54) is 0 Å². The second kappa shape index (κ2) is 7.16. The van der Waals surface area contributed by atoms with Crippen molar-refractivity contribution in [1.82, 2.24) is 0 Å². The Labute approximate surface area is 141 Å². The standard InChI is InChI=1S/C15H13BrCl2N2O/c1-9-2-4-14(11(17)6-9)20-15(21)8-19-13-5-3-10(16)7-12(13)18/h2-7,19H,8H2,1H3,(H,20,21). The molecule has 0 aliphatic heterocycles. The highest BCUT2D eigenvalue weighted by atomic mass is 79.9. The highest BCUT2D eigenvalue weighted by Crippen LogP contribution is 2.26. The van der Waals surface area contributed by atoms with E-state index in [9.17, 15) is 4.79 Å². The van der Waals surface area contributed by atoms with Crippen LogP contribution in [0.2, 0.25) is 10.0 Å². The Morgan fingerprint density at radius 2 is 1.76 bits per heavy atom. The van der Waals surface area contributed by atoms with E-state index in [1.54, 1.807) is 24.3 Å². The maximum Gasteiger partial charge on any atom is 0.243 e. The quantitative estimate of drug-likeness (QED) is 0.764. The zero-order valence-electron chi connectivity index (χ0n) is 11.2. The maximum atomic E-state index is 11.9. The fourth-order valence-electron chi connectivity index (χ4n) is 1.72. The van der Waals surface area contributed by atoms with Crippen LogP contribution in [0.4, 0.5) is 11.4 Å². The van der Waals surface area contributed by atoms with Crippen molar-refractivity contribution in [2.75, 3.05) is 17.2 Å². The van der Waals surface area contributed by atoms with Crippen LogP contribution in [0.5, 0.6) is 0 Å². The van der Waals surface area contributed by atoms with Gasteiger partial charge in [0.1, 0.15) is 0 Å². The molecule has 110 valence electrons. The number of nitrogens with one attached hydrogen (secondary N) is 2.